The van der Waals surface area contributed by atoms with Crippen molar-refractivity contribution >= 4 is 23.2 Å². The number of benzene rings is 2. The summed E-state index contributed by atoms with van der Waals surface area (Å²) in [5.41, 5.74) is 0.0950. The highest BCUT2D eigenvalue weighted by Gasteiger charge is 2.48. The van der Waals surface area contributed by atoms with Gasteiger partial charge in [0.05, 0.1) is 24.1 Å². The smallest absolute Gasteiger partial charge is 0.228 e. The fourth-order valence-electron chi connectivity index (χ4n) is 2.66. The predicted octanol–water partition coefficient (Wildman–Crippen LogP) is 3.72. The van der Waals surface area contributed by atoms with Crippen molar-refractivity contribution in [2.24, 2.45) is 11.8 Å². The Morgan fingerprint density at radius 2 is 1.59 bits per heavy atom. The van der Waals surface area contributed by atoms with Gasteiger partial charge in [-0.25, -0.2) is 13.2 Å². The zero-order valence-corrected chi connectivity index (χ0v) is 14.4. The summed E-state index contributed by atoms with van der Waals surface area (Å²) in [6.07, 6.45) is 0.292. The van der Waals surface area contributed by atoms with Gasteiger partial charge >= 0.3 is 0 Å². The number of carbonyl (C=O) groups is 2. The third kappa shape index (κ3) is 4.21. The molecule has 142 valence electrons. The number of carbonyl (C=O) groups excluding carboxylic acids is 2. The summed E-state index contributed by atoms with van der Waals surface area (Å²) in [6, 6.07) is 8.43. The first-order valence-corrected chi connectivity index (χ1v) is 8.38. The number of hydrogen-bond donors (Lipinski definition) is 2. The number of nitrogens with one attached hydrogen (secondary N) is 2. The summed E-state index contributed by atoms with van der Waals surface area (Å²) in [4.78, 5) is 24.3. The van der Waals surface area contributed by atoms with E-state index in [1.807, 2.05) is 6.92 Å². The molecular weight excluding hydrogens is 361 g/mol. The van der Waals surface area contributed by atoms with Gasteiger partial charge in [-0.3, -0.25) is 9.59 Å². The van der Waals surface area contributed by atoms with Crippen LogP contribution in [0.5, 0.6) is 5.75 Å². The molecule has 2 aromatic rings. The molecule has 0 aliphatic heterocycles. The van der Waals surface area contributed by atoms with Gasteiger partial charge in [0.1, 0.15) is 5.75 Å². The minimum atomic E-state index is -1.66. The predicted molar refractivity (Wildman–Crippen MR) is 92.8 cm³/mol. The third-order valence-corrected chi connectivity index (χ3v) is 4.19. The molecule has 8 heteroatoms. The van der Waals surface area contributed by atoms with Crippen molar-refractivity contribution in [2.75, 3.05) is 17.2 Å². The second-order valence-corrected chi connectivity index (χ2v) is 6.11. The van der Waals surface area contributed by atoms with Crippen molar-refractivity contribution in [2.45, 2.75) is 13.3 Å². The van der Waals surface area contributed by atoms with Crippen LogP contribution in [0.25, 0.3) is 0 Å². The van der Waals surface area contributed by atoms with Crippen LogP contribution in [-0.4, -0.2) is 18.4 Å². The van der Waals surface area contributed by atoms with Crippen LogP contribution in [0.1, 0.15) is 13.3 Å². The van der Waals surface area contributed by atoms with E-state index in [4.69, 9.17) is 4.74 Å². The lowest BCUT2D eigenvalue weighted by Gasteiger charge is -2.08. The fraction of sp³-hybridized carbons (Fsp3) is 0.263. The minimum Gasteiger partial charge on any atom is -0.494 e. The van der Waals surface area contributed by atoms with Gasteiger partial charge in [-0.05, 0) is 49.7 Å². The number of anilines is 2. The van der Waals surface area contributed by atoms with Gasteiger partial charge in [0, 0.05) is 5.69 Å². The van der Waals surface area contributed by atoms with E-state index >= 15 is 0 Å². The second kappa shape index (κ2) is 7.69. The van der Waals surface area contributed by atoms with Crippen LogP contribution in [0.3, 0.4) is 0 Å². The van der Waals surface area contributed by atoms with Gasteiger partial charge < -0.3 is 15.4 Å². The van der Waals surface area contributed by atoms with Crippen molar-refractivity contribution in [1.82, 2.24) is 0 Å². The van der Waals surface area contributed by atoms with E-state index in [1.165, 1.54) is 0 Å². The first-order chi connectivity index (χ1) is 12.9. The molecule has 2 amide bonds. The molecule has 2 atom stereocenters. The van der Waals surface area contributed by atoms with Gasteiger partial charge in [-0.1, -0.05) is 0 Å². The molecule has 0 spiro atoms. The van der Waals surface area contributed by atoms with Gasteiger partial charge in [0.2, 0.25) is 11.8 Å². The van der Waals surface area contributed by atoms with Crippen LogP contribution in [0.2, 0.25) is 0 Å². The van der Waals surface area contributed by atoms with Gasteiger partial charge in [0.15, 0.2) is 17.5 Å². The molecule has 1 fully saturated rings. The molecule has 2 aromatic carbocycles. The largest absolute Gasteiger partial charge is 0.494 e. The average molecular weight is 378 g/mol. The molecular formula is C19H17F3N2O3. The SMILES string of the molecule is CCOc1ccc(NC(=O)C2CC2C(=O)Nc2ccc(F)c(F)c2F)cc1. The summed E-state index contributed by atoms with van der Waals surface area (Å²) >= 11 is 0. The zero-order valence-electron chi connectivity index (χ0n) is 14.4. The van der Waals surface area contributed by atoms with E-state index in [2.05, 4.69) is 10.6 Å². The van der Waals surface area contributed by atoms with E-state index in [0.29, 0.717) is 24.5 Å². The average Bonchev–Trinajstić information content (AvgIpc) is 3.45. The van der Waals surface area contributed by atoms with Crippen molar-refractivity contribution < 1.29 is 27.5 Å². The fourth-order valence-corrected chi connectivity index (χ4v) is 2.66. The van der Waals surface area contributed by atoms with Crippen LogP contribution in [0.15, 0.2) is 36.4 Å². The van der Waals surface area contributed by atoms with Crippen molar-refractivity contribution in [3.8, 4) is 5.75 Å². The summed E-state index contributed by atoms with van der Waals surface area (Å²) in [5.74, 6) is -5.98. The van der Waals surface area contributed by atoms with Gasteiger partial charge in [0.25, 0.3) is 0 Å². The number of hydrogen-bond acceptors (Lipinski definition) is 3. The Kier molecular flexibility index (Phi) is 5.34. The normalized spacial score (nSPS) is 17.9. The maximum absolute atomic E-state index is 13.6. The van der Waals surface area contributed by atoms with Crippen LogP contribution >= 0.6 is 0 Å². The van der Waals surface area contributed by atoms with E-state index in [0.717, 1.165) is 12.1 Å². The molecule has 0 radical (unpaired) electrons. The van der Waals surface area contributed by atoms with E-state index in [9.17, 15) is 22.8 Å². The first kappa shape index (κ1) is 18.8. The third-order valence-electron chi connectivity index (χ3n) is 4.19. The molecule has 3 rings (SSSR count). The Labute approximate surface area is 153 Å². The lowest BCUT2D eigenvalue weighted by Crippen LogP contribution is -2.21. The Hall–Kier alpha value is -3.03. The van der Waals surface area contributed by atoms with Gasteiger partial charge in [-0.15, -0.1) is 0 Å². The maximum Gasteiger partial charge on any atom is 0.228 e. The van der Waals surface area contributed by atoms with Crippen molar-refractivity contribution in [1.29, 1.82) is 0 Å². The summed E-state index contributed by atoms with van der Waals surface area (Å²) in [7, 11) is 0. The Bertz CT molecular complexity index is 871. The number of amides is 2. The van der Waals surface area contributed by atoms with Crippen LogP contribution < -0.4 is 15.4 Å². The maximum atomic E-state index is 13.6. The molecule has 1 aliphatic rings. The lowest BCUT2D eigenvalue weighted by molar-refractivity contribution is -0.122. The number of rotatable bonds is 6. The standard InChI is InChI=1S/C19H17F3N2O3/c1-2-27-11-5-3-10(4-6-11)23-18(25)12-9-13(12)19(26)24-15-8-7-14(20)16(21)17(15)22/h3-8,12-13H,2,9H2,1H3,(H,23,25)(H,24,26). The Balaban J connectivity index is 1.56. The molecule has 2 N–H and O–H groups in total. The van der Waals surface area contributed by atoms with E-state index < -0.39 is 40.9 Å². The van der Waals surface area contributed by atoms with Crippen LogP contribution in [0, 0.1) is 29.3 Å². The monoisotopic (exact) mass is 378 g/mol. The topological polar surface area (TPSA) is 67.4 Å². The highest BCUT2D eigenvalue weighted by Crippen LogP contribution is 2.40. The van der Waals surface area contributed by atoms with Crippen LogP contribution in [-0.2, 0) is 9.59 Å². The summed E-state index contributed by atoms with van der Waals surface area (Å²) in [5, 5.41) is 4.88. The molecule has 1 aliphatic carbocycles. The van der Waals surface area contributed by atoms with E-state index in [1.54, 1.807) is 24.3 Å². The molecule has 0 bridgehead atoms. The Morgan fingerprint density at radius 3 is 2.22 bits per heavy atom. The molecule has 0 aromatic heterocycles. The van der Waals surface area contributed by atoms with E-state index in [-0.39, 0.29) is 5.91 Å². The molecule has 5 nitrogen and oxygen atoms in total. The molecule has 2 unspecified atom stereocenters. The zero-order chi connectivity index (χ0) is 19.6. The lowest BCUT2D eigenvalue weighted by atomic mass is 10.2. The minimum absolute atomic E-state index is 0.292. The second-order valence-electron chi connectivity index (χ2n) is 6.11. The molecule has 0 saturated heterocycles. The summed E-state index contributed by atoms with van der Waals surface area (Å²) in [6.45, 7) is 2.39. The highest BCUT2D eigenvalue weighted by molar-refractivity contribution is 6.03. The molecule has 0 heterocycles. The van der Waals surface area contributed by atoms with Gasteiger partial charge in [-0.2, -0.15) is 0 Å². The first-order valence-electron chi connectivity index (χ1n) is 8.38. The molecule has 27 heavy (non-hydrogen) atoms. The number of ether oxygens (including phenoxy) is 1. The number of halogens is 3. The quantitative estimate of drug-likeness (QED) is 0.753. The Morgan fingerprint density at radius 1 is 0.963 bits per heavy atom. The van der Waals surface area contributed by atoms with Crippen molar-refractivity contribution in [3.05, 3.63) is 53.8 Å². The highest BCUT2D eigenvalue weighted by atomic mass is 19.2. The van der Waals surface area contributed by atoms with Crippen molar-refractivity contribution in [3.63, 3.8) is 0 Å². The van der Waals surface area contributed by atoms with Crippen LogP contribution in [0.4, 0.5) is 24.5 Å². The summed E-state index contributed by atoms with van der Waals surface area (Å²) < 4.78 is 45.1. The molecule has 1 saturated carbocycles.